The summed E-state index contributed by atoms with van der Waals surface area (Å²) in [5.74, 6) is -0.151. The highest BCUT2D eigenvalue weighted by Crippen LogP contribution is 2.17. The van der Waals surface area contributed by atoms with Crippen LogP contribution in [0.1, 0.15) is 23.8 Å². The summed E-state index contributed by atoms with van der Waals surface area (Å²) < 4.78 is 1.50. The van der Waals surface area contributed by atoms with Gasteiger partial charge in [0.2, 0.25) is 5.91 Å². The number of aliphatic hydroxyl groups excluding tert-OH is 1. The van der Waals surface area contributed by atoms with E-state index in [1.165, 1.54) is 10.7 Å². The third-order valence-electron chi connectivity index (χ3n) is 2.93. The fourth-order valence-electron chi connectivity index (χ4n) is 1.84. The lowest BCUT2D eigenvalue weighted by atomic mass is 10.3. The van der Waals surface area contributed by atoms with Gasteiger partial charge in [-0.05, 0) is 12.1 Å². The van der Waals surface area contributed by atoms with Crippen LogP contribution in [-0.2, 0) is 4.79 Å². The summed E-state index contributed by atoms with van der Waals surface area (Å²) in [6, 6.07) is 10.7. The second kappa shape index (κ2) is 7.37. The number of amides is 2. The summed E-state index contributed by atoms with van der Waals surface area (Å²) in [6.45, 7) is 1.74. The molecule has 2 rings (SSSR count). The van der Waals surface area contributed by atoms with Crippen LogP contribution in [0.15, 0.2) is 36.4 Å². The van der Waals surface area contributed by atoms with E-state index in [4.69, 9.17) is 5.11 Å². The number of rotatable bonds is 6. The van der Waals surface area contributed by atoms with Gasteiger partial charge in [0.25, 0.3) is 5.91 Å². The second-order valence-corrected chi connectivity index (χ2v) is 4.54. The highest BCUT2D eigenvalue weighted by molar-refractivity contribution is 5.95. The summed E-state index contributed by atoms with van der Waals surface area (Å²) in [6.07, 6.45) is 0.325. The molecule has 2 aromatic rings. The smallest absolute Gasteiger partial charge is 0.271 e. The Hall–Kier alpha value is -2.67. The molecule has 0 fully saturated rings. The molecule has 1 aromatic heterocycles. The van der Waals surface area contributed by atoms with Gasteiger partial charge in [-0.25, -0.2) is 4.68 Å². The maximum Gasteiger partial charge on any atom is 0.271 e. The highest BCUT2D eigenvalue weighted by Gasteiger charge is 2.16. The third kappa shape index (κ3) is 3.70. The monoisotopic (exact) mass is 302 g/mol. The molecule has 116 valence electrons. The van der Waals surface area contributed by atoms with Gasteiger partial charge in [-0.3, -0.25) is 9.59 Å². The Bertz CT molecular complexity index is 652. The number of nitrogens with one attached hydrogen (secondary N) is 2. The van der Waals surface area contributed by atoms with Gasteiger partial charge in [-0.2, -0.15) is 5.10 Å². The van der Waals surface area contributed by atoms with E-state index in [1.807, 2.05) is 30.3 Å². The first-order valence-corrected chi connectivity index (χ1v) is 7.00. The average molecular weight is 302 g/mol. The standard InChI is InChI=1S/C15H18N4O3/c1-2-14(21)17-13-10-12(15(22)16-8-9-20)18-19(13)11-6-4-3-5-7-11/h3-7,10,20H,2,8-9H2,1H3,(H,16,22)(H,17,21). The Morgan fingerprint density at radius 2 is 2.00 bits per heavy atom. The highest BCUT2D eigenvalue weighted by atomic mass is 16.3. The number of benzene rings is 1. The summed E-state index contributed by atoms with van der Waals surface area (Å²) in [4.78, 5) is 23.6. The molecule has 1 heterocycles. The number of hydrogen-bond acceptors (Lipinski definition) is 4. The molecule has 0 unspecified atom stereocenters. The van der Waals surface area contributed by atoms with Crippen LogP contribution in [0.25, 0.3) is 5.69 Å². The van der Waals surface area contributed by atoms with Crippen LogP contribution < -0.4 is 10.6 Å². The SMILES string of the molecule is CCC(=O)Nc1cc(C(=O)NCCO)nn1-c1ccccc1. The van der Waals surface area contributed by atoms with Gasteiger partial charge < -0.3 is 15.7 Å². The van der Waals surface area contributed by atoms with E-state index in [0.717, 1.165) is 5.69 Å². The molecule has 0 spiro atoms. The summed E-state index contributed by atoms with van der Waals surface area (Å²) in [7, 11) is 0. The van der Waals surface area contributed by atoms with Crippen LogP contribution >= 0.6 is 0 Å². The molecule has 0 saturated carbocycles. The minimum Gasteiger partial charge on any atom is -0.395 e. The van der Waals surface area contributed by atoms with E-state index in [0.29, 0.717) is 12.2 Å². The molecule has 0 saturated heterocycles. The lowest BCUT2D eigenvalue weighted by Gasteiger charge is -2.07. The van der Waals surface area contributed by atoms with E-state index in [2.05, 4.69) is 15.7 Å². The van der Waals surface area contributed by atoms with Crippen LogP contribution in [0.3, 0.4) is 0 Å². The van der Waals surface area contributed by atoms with Crippen molar-refractivity contribution in [3.05, 3.63) is 42.1 Å². The Morgan fingerprint density at radius 3 is 2.64 bits per heavy atom. The lowest BCUT2D eigenvalue weighted by Crippen LogP contribution is -2.26. The third-order valence-corrected chi connectivity index (χ3v) is 2.93. The second-order valence-electron chi connectivity index (χ2n) is 4.54. The summed E-state index contributed by atoms with van der Waals surface area (Å²) >= 11 is 0. The van der Waals surface area contributed by atoms with Gasteiger partial charge in [0.1, 0.15) is 5.82 Å². The quantitative estimate of drug-likeness (QED) is 0.740. The van der Waals surface area contributed by atoms with Gasteiger partial charge in [-0.15, -0.1) is 0 Å². The lowest BCUT2D eigenvalue weighted by molar-refractivity contribution is -0.115. The number of para-hydroxylation sites is 1. The van der Waals surface area contributed by atoms with Crippen molar-refractivity contribution in [1.29, 1.82) is 0 Å². The number of hydrogen-bond donors (Lipinski definition) is 3. The van der Waals surface area contributed by atoms with Gasteiger partial charge >= 0.3 is 0 Å². The normalized spacial score (nSPS) is 10.3. The van der Waals surface area contributed by atoms with Crippen molar-refractivity contribution in [2.24, 2.45) is 0 Å². The number of aliphatic hydroxyl groups is 1. The maximum atomic E-state index is 11.9. The van der Waals surface area contributed by atoms with Crippen molar-refractivity contribution in [2.75, 3.05) is 18.5 Å². The van der Waals surface area contributed by atoms with Crippen molar-refractivity contribution >= 4 is 17.6 Å². The fraction of sp³-hybridized carbons (Fsp3) is 0.267. The fourth-order valence-corrected chi connectivity index (χ4v) is 1.84. The van der Waals surface area contributed by atoms with Crippen molar-refractivity contribution in [3.63, 3.8) is 0 Å². The van der Waals surface area contributed by atoms with E-state index in [1.54, 1.807) is 6.92 Å². The molecular formula is C15H18N4O3. The van der Waals surface area contributed by atoms with Gasteiger partial charge in [0.15, 0.2) is 5.69 Å². The molecule has 22 heavy (non-hydrogen) atoms. The van der Waals surface area contributed by atoms with Crippen LogP contribution in [0.4, 0.5) is 5.82 Å². The zero-order chi connectivity index (χ0) is 15.9. The molecule has 2 amide bonds. The van der Waals surface area contributed by atoms with E-state index in [-0.39, 0.29) is 24.8 Å². The number of anilines is 1. The molecule has 1 aromatic carbocycles. The van der Waals surface area contributed by atoms with Gasteiger partial charge in [0, 0.05) is 19.0 Å². The van der Waals surface area contributed by atoms with Gasteiger partial charge in [-0.1, -0.05) is 25.1 Å². The minimum absolute atomic E-state index is 0.147. The number of carbonyl (C=O) groups is 2. The molecular weight excluding hydrogens is 284 g/mol. The number of carbonyl (C=O) groups excluding carboxylic acids is 2. The maximum absolute atomic E-state index is 11.9. The first kappa shape index (κ1) is 15.7. The molecule has 0 aliphatic heterocycles. The number of nitrogens with zero attached hydrogens (tertiary/aromatic N) is 2. The molecule has 3 N–H and O–H groups in total. The van der Waals surface area contributed by atoms with Crippen LogP contribution in [-0.4, -0.2) is 39.9 Å². The van der Waals surface area contributed by atoms with Crippen molar-refractivity contribution in [2.45, 2.75) is 13.3 Å². The zero-order valence-corrected chi connectivity index (χ0v) is 12.2. The van der Waals surface area contributed by atoms with Crippen LogP contribution in [0.5, 0.6) is 0 Å². The van der Waals surface area contributed by atoms with Crippen molar-refractivity contribution in [1.82, 2.24) is 15.1 Å². The Morgan fingerprint density at radius 1 is 1.27 bits per heavy atom. The Kier molecular flexibility index (Phi) is 5.26. The molecule has 7 nitrogen and oxygen atoms in total. The van der Waals surface area contributed by atoms with Crippen LogP contribution in [0.2, 0.25) is 0 Å². The predicted molar refractivity (Wildman–Crippen MR) is 81.9 cm³/mol. The Balaban J connectivity index is 2.35. The summed E-state index contributed by atoms with van der Waals surface area (Å²) in [5, 5.41) is 18.2. The molecule has 7 heteroatoms. The summed E-state index contributed by atoms with van der Waals surface area (Å²) in [5.41, 5.74) is 0.902. The van der Waals surface area contributed by atoms with E-state index < -0.39 is 5.91 Å². The van der Waals surface area contributed by atoms with E-state index in [9.17, 15) is 9.59 Å². The molecule has 0 aliphatic rings. The van der Waals surface area contributed by atoms with Crippen LogP contribution in [0, 0.1) is 0 Å². The largest absolute Gasteiger partial charge is 0.395 e. The molecule has 0 aliphatic carbocycles. The zero-order valence-electron chi connectivity index (χ0n) is 12.2. The molecule has 0 radical (unpaired) electrons. The Labute approximate surface area is 128 Å². The van der Waals surface area contributed by atoms with Crippen molar-refractivity contribution < 1.29 is 14.7 Å². The number of aromatic nitrogens is 2. The average Bonchev–Trinajstić information content (AvgIpc) is 2.97. The minimum atomic E-state index is -0.407. The van der Waals surface area contributed by atoms with Crippen molar-refractivity contribution in [3.8, 4) is 5.69 Å². The molecule has 0 atom stereocenters. The molecule has 0 bridgehead atoms. The predicted octanol–water partition coefficient (Wildman–Crippen LogP) is 0.943. The van der Waals surface area contributed by atoms with Gasteiger partial charge in [0.05, 0.1) is 12.3 Å². The first-order valence-electron chi connectivity index (χ1n) is 7.00. The van der Waals surface area contributed by atoms with E-state index >= 15 is 0 Å². The topological polar surface area (TPSA) is 96.2 Å². The first-order chi connectivity index (χ1) is 10.7.